The van der Waals surface area contributed by atoms with Crippen LogP contribution in [-0.4, -0.2) is 139 Å². The number of halogens is 2. The molecule has 342 valence electrons. The van der Waals surface area contributed by atoms with Gasteiger partial charge in [0.15, 0.2) is 11.3 Å². The summed E-state index contributed by atoms with van der Waals surface area (Å²) in [6, 6.07) is 6.34. The van der Waals surface area contributed by atoms with E-state index in [-0.39, 0.29) is 48.4 Å². The summed E-state index contributed by atoms with van der Waals surface area (Å²) in [5.74, 6) is -1.06. The summed E-state index contributed by atoms with van der Waals surface area (Å²) in [4.78, 5) is 81.3. The largest absolute Gasteiger partial charge is 0.374 e. The summed E-state index contributed by atoms with van der Waals surface area (Å²) in [6.45, 7) is 5.66. The molecule has 5 aliphatic heterocycles. The van der Waals surface area contributed by atoms with Gasteiger partial charge in [-0.15, -0.1) is 0 Å². The quantitative estimate of drug-likeness (QED) is 0.196. The Balaban J connectivity index is 0.629. The Morgan fingerprint density at radius 3 is 2.51 bits per heavy atom. The van der Waals surface area contributed by atoms with Gasteiger partial charge in [0, 0.05) is 58.1 Å². The number of nitrogens with zero attached hydrogens (tertiary/aromatic N) is 9. The second-order valence-corrected chi connectivity index (χ2v) is 18.7. The minimum atomic E-state index is -2.87. The van der Waals surface area contributed by atoms with Crippen LogP contribution in [0.25, 0.3) is 5.65 Å². The number of carbonyl (C=O) groups is 5. The van der Waals surface area contributed by atoms with Crippen LogP contribution < -0.4 is 15.5 Å². The molecule has 18 nitrogen and oxygen atoms in total. The molecule has 2 saturated carbocycles. The zero-order valence-electron chi connectivity index (χ0n) is 35.8. The van der Waals surface area contributed by atoms with E-state index in [0.29, 0.717) is 41.6 Å². The molecule has 20 heteroatoms. The molecule has 4 aromatic rings. The zero-order chi connectivity index (χ0) is 44.5. The van der Waals surface area contributed by atoms with E-state index in [0.717, 1.165) is 100 Å². The molecule has 0 radical (unpaired) electrons. The predicted molar refractivity (Wildman–Crippen MR) is 227 cm³/mol. The Kier molecular flexibility index (Phi) is 10.9. The van der Waals surface area contributed by atoms with Crippen LogP contribution in [0.4, 0.5) is 20.3 Å². The third-order valence-electron chi connectivity index (χ3n) is 14.6. The third kappa shape index (κ3) is 7.97. The number of piperidine rings is 1. The number of alkyl halides is 2. The van der Waals surface area contributed by atoms with Gasteiger partial charge >= 0.3 is 0 Å². The lowest BCUT2D eigenvalue weighted by Gasteiger charge is -2.42. The Bertz CT molecular complexity index is 2540. The van der Waals surface area contributed by atoms with E-state index in [1.165, 1.54) is 16.9 Å². The number of piperazine rings is 1. The standard InChI is InChI=1S/C45H51F2N11O7/c46-40(47)39-34(49-42(60)33-20-48-56-11-10-36(50-41(33)56)55-22-31-19-29(55)24-64-31)23-57(52-39)28-6-4-25(5-7-28)21-53-12-14-54(15-13-53)65-30-17-26(18-30)16-27-2-1-3-32-38(27)45(63)58(44(32)62)35-8-9-37(59)51-43(35)61/h1-3,10-11,20,23,25-26,28-31,35,40H,4-9,12-19,21-22,24H2,(H,49,60)(H,51,59,61)/t25?,26?,28?,29-,30?,31-,35?/m1/s1. The topological polar surface area (TPSA) is 189 Å². The van der Waals surface area contributed by atoms with Gasteiger partial charge in [-0.05, 0) is 87.3 Å². The molecule has 1 unspecified atom stereocenters. The number of imide groups is 2. The van der Waals surface area contributed by atoms with Gasteiger partial charge < -0.3 is 19.9 Å². The molecule has 3 atom stereocenters. The van der Waals surface area contributed by atoms with Crippen molar-refractivity contribution < 1.29 is 42.3 Å². The fourth-order valence-corrected chi connectivity index (χ4v) is 11.1. The first-order valence-corrected chi connectivity index (χ1v) is 22.9. The molecule has 1 aromatic carbocycles. The van der Waals surface area contributed by atoms with Gasteiger partial charge in [0.05, 0.1) is 53.9 Å². The molecule has 65 heavy (non-hydrogen) atoms. The normalized spacial score (nSPS) is 28.4. The molecule has 2 aliphatic carbocycles. The Hall–Kier alpha value is -5.70. The first-order valence-electron chi connectivity index (χ1n) is 22.9. The van der Waals surface area contributed by atoms with Crippen molar-refractivity contribution in [1.82, 2.24) is 44.6 Å². The Morgan fingerprint density at radius 2 is 1.77 bits per heavy atom. The molecule has 2 bridgehead atoms. The fourth-order valence-electron chi connectivity index (χ4n) is 11.1. The summed E-state index contributed by atoms with van der Waals surface area (Å²) < 4.78 is 37.5. The van der Waals surface area contributed by atoms with E-state index in [1.54, 1.807) is 23.0 Å². The van der Waals surface area contributed by atoms with E-state index >= 15 is 0 Å². The van der Waals surface area contributed by atoms with Crippen LogP contribution in [0.3, 0.4) is 0 Å². The maximum absolute atomic E-state index is 14.3. The Labute approximate surface area is 372 Å². The fraction of sp³-hybridized carbons (Fsp3) is 0.556. The number of rotatable bonds is 12. The van der Waals surface area contributed by atoms with Gasteiger partial charge in [0.2, 0.25) is 11.8 Å². The molecular formula is C45H51F2N11O7. The van der Waals surface area contributed by atoms with Crippen molar-refractivity contribution >= 4 is 46.7 Å². The van der Waals surface area contributed by atoms with Crippen LogP contribution in [0.1, 0.15) is 113 Å². The molecule has 7 aliphatic rings. The highest BCUT2D eigenvalue weighted by Crippen LogP contribution is 2.39. The smallest absolute Gasteiger partial charge is 0.284 e. The first-order chi connectivity index (χ1) is 31.5. The molecule has 3 aromatic heterocycles. The monoisotopic (exact) mass is 895 g/mol. The maximum Gasteiger partial charge on any atom is 0.284 e. The van der Waals surface area contributed by atoms with Crippen LogP contribution in [-0.2, 0) is 25.6 Å². The minimum Gasteiger partial charge on any atom is -0.374 e. The number of nitrogens with one attached hydrogen (secondary N) is 2. The number of aromatic nitrogens is 5. The summed E-state index contributed by atoms with van der Waals surface area (Å²) in [5, 5.41) is 15.6. The summed E-state index contributed by atoms with van der Waals surface area (Å²) in [6.07, 6.45) is 9.02. The van der Waals surface area contributed by atoms with E-state index < -0.39 is 47.7 Å². The second kappa shape index (κ2) is 16.9. The second-order valence-electron chi connectivity index (χ2n) is 18.7. The van der Waals surface area contributed by atoms with Crippen molar-refractivity contribution in [2.45, 2.75) is 101 Å². The number of carbonyl (C=O) groups excluding carboxylic acids is 5. The lowest BCUT2D eigenvalue weighted by atomic mass is 9.77. The average Bonchev–Trinajstić information content (AvgIpc) is 4.14. The number of ether oxygens (including phenoxy) is 1. The van der Waals surface area contributed by atoms with Crippen molar-refractivity contribution in [3.05, 3.63) is 70.8 Å². The number of morpholine rings is 1. The number of fused-ring (bicyclic) bond motifs is 4. The number of hydrogen-bond acceptors (Lipinski definition) is 13. The number of amides is 5. The van der Waals surface area contributed by atoms with Crippen molar-refractivity contribution in [2.75, 3.05) is 56.1 Å². The van der Waals surface area contributed by atoms with Gasteiger partial charge in [-0.25, -0.2) is 18.3 Å². The maximum atomic E-state index is 14.3. The van der Waals surface area contributed by atoms with E-state index in [4.69, 9.17) is 14.6 Å². The first kappa shape index (κ1) is 42.0. The highest BCUT2D eigenvalue weighted by atomic mass is 19.3. The highest BCUT2D eigenvalue weighted by molar-refractivity contribution is 6.24. The van der Waals surface area contributed by atoms with Gasteiger partial charge in [0.1, 0.15) is 17.4 Å². The van der Waals surface area contributed by atoms with Gasteiger partial charge in [-0.3, -0.25) is 43.7 Å². The SMILES string of the molecule is O=C1CCC(N2C(=O)c3cccc(CC4CC(ON5CCN(CC6CCC(n7cc(NC(=O)c8cnn9ccc(N%10C[C@H]%11C[C@@H]%10CO%11)nc89)c(C(F)F)n7)CC6)CC5)C4)c3C2=O)C(=O)N1. The van der Waals surface area contributed by atoms with E-state index in [9.17, 15) is 32.8 Å². The number of benzene rings is 1. The molecule has 2 N–H and O–H groups in total. The zero-order valence-corrected chi connectivity index (χ0v) is 35.8. The summed E-state index contributed by atoms with van der Waals surface area (Å²) in [7, 11) is 0. The van der Waals surface area contributed by atoms with Gasteiger partial charge in [0.25, 0.3) is 24.1 Å². The molecule has 0 spiro atoms. The molecule has 6 fully saturated rings. The van der Waals surface area contributed by atoms with Crippen LogP contribution in [0.2, 0.25) is 0 Å². The van der Waals surface area contributed by atoms with Crippen molar-refractivity contribution in [3.8, 4) is 0 Å². The Morgan fingerprint density at radius 1 is 0.954 bits per heavy atom. The molecular weight excluding hydrogens is 845 g/mol. The van der Waals surface area contributed by atoms with Gasteiger partial charge in [-0.1, -0.05) is 12.1 Å². The van der Waals surface area contributed by atoms with E-state index in [1.807, 2.05) is 12.1 Å². The van der Waals surface area contributed by atoms with Crippen LogP contribution in [0, 0.1) is 11.8 Å². The molecule has 11 rings (SSSR count). The number of anilines is 2. The number of hydroxylamine groups is 2. The van der Waals surface area contributed by atoms with Crippen molar-refractivity contribution in [3.63, 3.8) is 0 Å². The number of hydrogen-bond donors (Lipinski definition) is 2. The summed E-state index contributed by atoms with van der Waals surface area (Å²) >= 11 is 0. The van der Waals surface area contributed by atoms with Crippen LogP contribution >= 0.6 is 0 Å². The van der Waals surface area contributed by atoms with Crippen molar-refractivity contribution in [2.24, 2.45) is 11.8 Å². The molecule has 5 amide bonds. The highest BCUT2D eigenvalue weighted by Gasteiger charge is 2.46. The van der Waals surface area contributed by atoms with Crippen molar-refractivity contribution in [1.29, 1.82) is 0 Å². The predicted octanol–water partition coefficient (Wildman–Crippen LogP) is 3.80. The minimum absolute atomic E-state index is 0.0113. The summed E-state index contributed by atoms with van der Waals surface area (Å²) in [5.41, 5.74) is 1.54. The molecule has 8 heterocycles. The van der Waals surface area contributed by atoms with E-state index in [2.05, 4.69) is 35.7 Å². The van der Waals surface area contributed by atoms with Gasteiger partial charge in [-0.2, -0.15) is 15.3 Å². The van der Waals surface area contributed by atoms with Crippen LogP contribution in [0.5, 0.6) is 0 Å². The molecule has 4 saturated heterocycles. The third-order valence-corrected chi connectivity index (χ3v) is 14.6. The average molecular weight is 896 g/mol. The lowest BCUT2D eigenvalue weighted by Crippen LogP contribution is -2.54. The lowest BCUT2D eigenvalue weighted by molar-refractivity contribution is -0.238. The van der Waals surface area contributed by atoms with Crippen LogP contribution in [0.15, 0.2) is 42.9 Å².